The van der Waals surface area contributed by atoms with Gasteiger partial charge in [-0.3, -0.25) is 0 Å². The molecule has 5 rings (SSSR count). The average molecular weight is 544 g/mol. The van der Waals surface area contributed by atoms with Gasteiger partial charge in [-0.15, -0.1) is 0 Å². The first-order chi connectivity index (χ1) is 18.7. The van der Waals surface area contributed by atoms with Crippen LogP contribution in [0.3, 0.4) is 0 Å². The summed E-state index contributed by atoms with van der Waals surface area (Å²) in [6.07, 6.45) is 1.50. The molecule has 2 aromatic carbocycles. The van der Waals surface area contributed by atoms with Gasteiger partial charge < -0.3 is 14.6 Å². The van der Waals surface area contributed by atoms with Gasteiger partial charge in [0.2, 0.25) is 0 Å². The van der Waals surface area contributed by atoms with Crippen LogP contribution in [0.1, 0.15) is 17.4 Å². The molecule has 0 saturated carbocycles. The second-order valence-corrected chi connectivity index (χ2v) is 10.6. The van der Waals surface area contributed by atoms with E-state index >= 15 is 0 Å². The third-order valence-electron chi connectivity index (χ3n) is 6.36. The van der Waals surface area contributed by atoms with Gasteiger partial charge in [0.25, 0.3) is 10.0 Å². The van der Waals surface area contributed by atoms with Crippen LogP contribution in [0, 0.1) is 6.92 Å². The lowest BCUT2D eigenvalue weighted by atomic mass is 10.0. The van der Waals surface area contributed by atoms with E-state index in [1.54, 1.807) is 61.8 Å². The van der Waals surface area contributed by atoms with Gasteiger partial charge in [-0.1, -0.05) is 42.0 Å². The summed E-state index contributed by atoms with van der Waals surface area (Å²) in [5.74, 6) is -0.263. The molecule has 3 aromatic heterocycles. The molecule has 0 amide bonds. The van der Waals surface area contributed by atoms with Gasteiger partial charge in [-0.25, -0.2) is 27.2 Å². The molecule has 5 aromatic rings. The molecule has 3 heterocycles. The quantitative estimate of drug-likeness (QED) is 0.297. The number of esters is 1. The topological polar surface area (TPSA) is 121 Å². The third-order valence-corrected chi connectivity index (χ3v) is 8.02. The largest absolute Gasteiger partial charge is 0.496 e. The van der Waals surface area contributed by atoms with E-state index < -0.39 is 22.1 Å². The Kier molecular flexibility index (Phi) is 6.90. The van der Waals surface area contributed by atoms with Crippen LogP contribution in [-0.4, -0.2) is 47.7 Å². The van der Waals surface area contributed by atoms with Crippen molar-refractivity contribution in [2.45, 2.75) is 17.9 Å². The van der Waals surface area contributed by atoms with Crippen molar-refractivity contribution in [3.05, 3.63) is 96.4 Å². The number of para-hydroxylation sites is 1. The summed E-state index contributed by atoms with van der Waals surface area (Å²) in [6, 6.07) is 20.6. The van der Waals surface area contributed by atoms with Crippen LogP contribution < -0.4 is 4.74 Å². The predicted octanol–water partition coefficient (Wildman–Crippen LogP) is 4.53. The van der Waals surface area contributed by atoms with Crippen LogP contribution in [-0.2, 0) is 19.6 Å². The zero-order chi connectivity index (χ0) is 27.7. The fraction of sp³-hybridized carbons (Fsp3) is 0.138. The van der Waals surface area contributed by atoms with E-state index in [1.807, 2.05) is 25.1 Å². The van der Waals surface area contributed by atoms with E-state index in [2.05, 4.69) is 14.7 Å². The van der Waals surface area contributed by atoms with Crippen molar-refractivity contribution in [3.63, 3.8) is 0 Å². The smallest absolute Gasteiger partial charge is 0.341 e. The Bertz CT molecular complexity index is 1800. The van der Waals surface area contributed by atoms with E-state index in [4.69, 9.17) is 4.74 Å². The van der Waals surface area contributed by atoms with Crippen molar-refractivity contribution in [2.24, 2.45) is 0 Å². The van der Waals surface area contributed by atoms with E-state index in [9.17, 15) is 18.3 Å². The number of carbonyl (C=O) groups excluding carboxylic acids is 1. The highest BCUT2D eigenvalue weighted by atomic mass is 32.2. The summed E-state index contributed by atoms with van der Waals surface area (Å²) in [5, 5.41) is 10.8. The number of nitrogens with zero attached hydrogens (tertiary/aromatic N) is 3. The first kappa shape index (κ1) is 26.1. The number of methoxy groups -OCH3 is 2. The van der Waals surface area contributed by atoms with Crippen LogP contribution in [0.15, 0.2) is 90.1 Å². The standard InChI is InChI=1S/C29H25N3O6S/c1-18-11-13-20(14-12-18)39(35,36)32-17-23(21-7-4-5-10-26(21)37-2)22-15-19(16-30-28(22)32)24-8-6-9-25(31-24)27(33)29(34)38-3/h4-17,27,33H,1-3H3. The monoisotopic (exact) mass is 543 g/mol. The van der Waals surface area contributed by atoms with E-state index in [-0.39, 0.29) is 16.2 Å². The van der Waals surface area contributed by atoms with Crippen molar-refractivity contribution in [2.75, 3.05) is 14.2 Å². The number of aliphatic hydroxyl groups excluding tert-OH is 1. The molecule has 1 N–H and O–H groups in total. The van der Waals surface area contributed by atoms with Crippen LogP contribution >= 0.6 is 0 Å². The Balaban J connectivity index is 1.73. The average Bonchev–Trinajstić information content (AvgIpc) is 3.36. The second-order valence-electron chi connectivity index (χ2n) is 8.83. The first-order valence-corrected chi connectivity index (χ1v) is 13.4. The first-order valence-electron chi connectivity index (χ1n) is 11.9. The number of aryl methyl sites for hydroxylation is 1. The number of pyridine rings is 2. The number of fused-ring (bicyclic) bond motifs is 1. The molecule has 0 aliphatic heterocycles. The van der Waals surface area contributed by atoms with Gasteiger partial charge in [-0.05, 0) is 43.3 Å². The van der Waals surface area contributed by atoms with Gasteiger partial charge in [0.1, 0.15) is 5.75 Å². The van der Waals surface area contributed by atoms with Crippen LogP contribution in [0.25, 0.3) is 33.4 Å². The predicted molar refractivity (Wildman–Crippen MR) is 146 cm³/mol. The van der Waals surface area contributed by atoms with E-state index in [0.717, 1.165) is 5.56 Å². The lowest BCUT2D eigenvalue weighted by Crippen LogP contribution is -2.15. The molecule has 198 valence electrons. The molecule has 0 bridgehead atoms. The maximum Gasteiger partial charge on any atom is 0.341 e. The Hall–Kier alpha value is -4.54. The normalized spacial score (nSPS) is 12.3. The molecule has 1 unspecified atom stereocenters. The molecule has 10 heteroatoms. The number of ether oxygens (including phenoxy) is 2. The third kappa shape index (κ3) is 4.75. The van der Waals surface area contributed by atoms with Crippen molar-refractivity contribution in [3.8, 4) is 28.1 Å². The minimum absolute atomic E-state index is 0.115. The molecular weight excluding hydrogens is 518 g/mol. The second kappa shape index (κ2) is 10.3. The van der Waals surface area contributed by atoms with Crippen molar-refractivity contribution >= 4 is 27.0 Å². The van der Waals surface area contributed by atoms with Crippen LogP contribution in [0.5, 0.6) is 5.75 Å². The molecule has 0 aliphatic rings. The summed E-state index contributed by atoms with van der Waals surface area (Å²) in [6.45, 7) is 1.89. The number of hydrogen-bond donors (Lipinski definition) is 1. The highest BCUT2D eigenvalue weighted by molar-refractivity contribution is 7.90. The van der Waals surface area contributed by atoms with Crippen LogP contribution in [0.4, 0.5) is 0 Å². The zero-order valence-corrected chi connectivity index (χ0v) is 22.2. The Labute approximate surface area is 225 Å². The molecule has 0 spiro atoms. The van der Waals surface area contributed by atoms with Crippen LogP contribution in [0.2, 0.25) is 0 Å². The number of rotatable bonds is 7. The Morgan fingerprint density at radius 2 is 1.72 bits per heavy atom. The molecule has 9 nitrogen and oxygen atoms in total. The molecule has 0 aliphatic carbocycles. The summed E-state index contributed by atoms with van der Waals surface area (Å²) < 4.78 is 38.8. The summed E-state index contributed by atoms with van der Waals surface area (Å²) in [4.78, 5) is 20.9. The van der Waals surface area contributed by atoms with Crippen molar-refractivity contribution in [1.82, 2.24) is 13.9 Å². The van der Waals surface area contributed by atoms with E-state index in [1.165, 1.54) is 23.3 Å². The van der Waals surface area contributed by atoms with Crippen molar-refractivity contribution < 1.29 is 27.8 Å². The lowest BCUT2D eigenvalue weighted by molar-refractivity contribution is -0.150. The number of carbonyl (C=O) groups is 1. The number of hydrogen-bond acceptors (Lipinski definition) is 8. The Morgan fingerprint density at radius 3 is 2.44 bits per heavy atom. The van der Waals surface area contributed by atoms with Gasteiger partial charge >= 0.3 is 5.97 Å². The van der Waals surface area contributed by atoms with Crippen molar-refractivity contribution in [1.29, 1.82) is 0 Å². The lowest BCUT2D eigenvalue weighted by Gasteiger charge is -2.10. The molecule has 0 fully saturated rings. The summed E-state index contributed by atoms with van der Waals surface area (Å²) >= 11 is 0. The Morgan fingerprint density at radius 1 is 0.974 bits per heavy atom. The SMILES string of the molecule is COC(=O)C(O)c1cccc(-c2cnc3c(c2)c(-c2ccccc2OC)cn3S(=O)(=O)c2ccc(C)cc2)n1. The number of aliphatic hydroxyl groups is 1. The maximum absolute atomic E-state index is 13.7. The minimum atomic E-state index is -3.98. The molecule has 1 atom stereocenters. The highest BCUT2D eigenvalue weighted by Crippen LogP contribution is 2.38. The van der Waals surface area contributed by atoms with E-state index in [0.29, 0.717) is 33.5 Å². The van der Waals surface area contributed by atoms with Gasteiger partial charge in [0, 0.05) is 34.5 Å². The molecule has 39 heavy (non-hydrogen) atoms. The summed E-state index contributed by atoms with van der Waals surface area (Å²) in [7, 11) is -1.25. The maximum atomic E-state index is 13.7. The molecule has 0 saturated heterocycles. The van der Waals surface area contributed by atoms with Gasteiger partial charge in [0.05, 0.1) is 30.5 Å². The zero-order valence-electron chi connectivity index (χ0n) is 21.4. The number of benzene rings is 2. The summed E-state index contributed by atoms with van der Waals surface area (Å²) in [5.41, 5.74) is 3.56. The number of aromatic nitrogens is 3. The van der Waals surface area contributed by atoms with Gasteiger partial charge in [0.15, 0.2) is 11.8 Å². The minimum Gasteiger partial charge on any atom is -0.496 e. The highest BCUT2D eigenvalue weighted by Gasteiger charge is 2.25. The molecule has 0 radical (unpaired) electrons. The fourth-order valence-electron chi connectivity index (χ4n) is 4.31. The molecular formula is C29H25N3O6S. The fourth-order valence-corrected chi connectivity index (χ4v) is 5.63. The van der Waals surface area contributed by atoms with Gasteiger partial charge in [-0.2, -0.15) is 0 Å².